The first-order valence-corrected chi connectivity index (χ1v) is 17.6. The number of ether oxygens (including phenoxy) is 2. The van der Waals surface area contributed by atoms with Crippen molar-refractivity contribution in [2.45, 2.75) is 70.9 Å². The molecule has 6 N–H and O–H groups in total. The van der Waals surface area contributed by atoms with Gasteiger partial charge in [0.2, 0.25) is 71.9 Å². The van der Waals surface area contributed by atoms with Crippen LogP contribution < -0.4 is 31.9 Å². The lowest BCUT2D eigenvalue weighted by Gasteiger charge is -2.18. The Morgan fingerprint density at radius 1 is 0.636 bits per heavy atom. The van der Waals surface area contributed by atoms with Crippen LogP contribution in [0.15, 0.2) is 0 Å². The predicted octanol–water partition coefficient (Wildman–Crippen LogP) is -4.49. The third-order valence-electron chi connectivity index (χ3n) is 8.29. The van der Waals surface area contributed by atoms with E-state index < -0.39 is 60.4 Å². The van der Waals surface area contributed by atoms with Crippen molar-refractivity contribution in [1.29, 1.82) is 0 Å². The number of carbonyl (C=O) groups excluding carboxylic acids is 12. The molecule has 0 saturated carbocycles. The zero-order valence-corrected chi connectivity index (χ0v) is 30.7. The van der Waals surface area contributed by atoms with Gasteiger partial charge in [0, 0.05) is 50.6 Å². The van der Waals surface area contributed by atoms with Crippen LogP contribution in [-0.4, -0.2) is 146 Å². The molecule has 22 heteroatoms. The van der Waals surface area contributed by atoms with E-state index in [4.69, 9.17) is 9.47 Å². The molecule has 0 bridgehead atoms. The van der Waals surface area contributed by atoms with Crippen molar-refractivity contribution in [1.82, 2.24) is 41.7 Å². The topological polar surface area (TPSA) is 302 Å². The van der Waals surface area contributed by atoms with Gasteiger partial charge in [-0.1, -0.05) is 13.8 Å². The molecule has 2 rings (SSSR count). The van der Waals surface area contributed by atoms with Crippen molar-refractivity contribution in [3.8, 4) is 0 Å². The molecule has 0 aromatic carbocycles. The van der Waals surface area contributed by atoms with E-state index in [9.17, 15) is 57.5 Å². The van der Waals surface area contributed by atoms with E-state index in [1.54, 1.807) is 13.8 Å². The maximum Gasteiger partial charge on any atom is 0.249 e. The quantitative estimate of drug-likeness (QED) is 0.0274. The third kappa shape index (κ3) is 16.1. The molecule has 4 atom stereocenters. The second-order valence-electron chi connectivity index (χ2n) is 12.7. The molecule has 12 amide bonds. The van der Waals surface area contributed by atoms with Gasteiger partial charge in [-0.2, -0.15) is 0 Å². The lowest BCUT2D eigenvalue weighted by molar-refractivity contribution is -0.141. The van der Waals surface area contributed by atoms with Crippen LogP contribution in [0.2, 0.25) is 0 Å². The molecule has 0 radical (unpaired) electrons. The second kappa shape index (κ2) is 23.9. The predicted molar refractivity (Wildman–Crippen MR) is 184 cm³/mol. The number of nitrogens with one attached hydrogen (secondary N) is 6. The number of carbonyl (C=O) groups is 12. The molecule has 22 nitrogen and oxygen atoms in total. The standard InChI is InChI=1S/C33H48N8O14/c1-20-14-28(48)40(32(20)52)8-12-54-10-6-34-26(46)16-22(30(50)36-18-42)38-24(44)4-3-5-25(45)39-23(31(51)37-19-43)17-27(47)35-7-11-55-13-9-41-29(49)15-21(2)33(41)53/h18-23H,3-17H2,1-2H3,(H,34,46)(H,35,47)(H,38,44)(H,39,45)(H,36,42,50)(H,37,43,51). The summed E-state index contributed by atoms with van der Waals surface area (Å²) in [7, 11) is 0. The summed E-state index contributed by atoms with van der Waals surface area (Å²) in [5, 5.41) is 13.3. The van der Waals surface area contributed by atoms with Crippen molar-refractivity contribution in [2.24, 2.45) is 11.8 Å². The fourth-order valence-corrected chi connectivity index (χ4v) is 5.40. The highest BCUT2D eigenvalue weighted by Crippen LogP contribution is 2.19. The van der Waals surface area contributed by atoms with Crippen molar-refractivity contribution in [2.75, 3.05) is 52.6 Å². The number of hydrogen-bond acceptors (Lipinski definition) is 14. The van der Waals surface area contributed by atoms with E-state index in [0.29, 0.717) is 0 Å². The molecule has 2 saturated heterocycles. The highest BCUT2D eigenvalue weighted by Gasteiger charge is 2.36. The summed E-state index contributed by atoms with van der Waals surface area (Å²) in [5.41, 5.74) is 0. The summed E-state index contributed by atoms with van der Waals surface area (Å²) in [4.78, 5) is 146. The minimum atomic E-state index is -1.45. The highest BCUT2D eigenvalue weighted by atomic mass is 16.5. The van der Waals surface area contributed by atoms with Crippen LogP contribution >= 0.6 is 0 Å². The summed E-state index contributed by atoms with van der Waals surface area (Å²) in [6.07, 6.45) is -1.42. The maximum absolute atomic E-state index is 12.6. The van der Waals surface area contributed by atoms with E-state index in [0.717, 1.165) is 9.80 Å². The number of amides is 12. The van der Waals surface area contributed by atoms with Crippen LogP contribution in [0.1, 0.15) is 58.8 Å². The molecule has 0 aromatic heterocycles. The molecule has 304 valence electrons. The van der Waals surface area contributed by atoms with E-state index >= 15 is 0 Å². The van der Waals surface area contributed by atoms with E-state index in [-0.39, 0.29) is 133 Å². The molecule has 4 unspecified atom stereocenters. The number of nitrogens with zero attached hydrogens (tertiary/aromatic N) is 2. The lowest BCUT2D eigenvalue weighted by atomic mass is 10.1. The van der Waals surface area contributed by atoms with Crippen LogP contribution in [0, 0.1) is 11.8 Å². The molecular formula is C33H48N8O14. The Labute approximate surface area is 315 Å². The zero-order valence-electron chi connectivity index (χ0n) is 30.7. The molecule has 0 spiro atoms. The molecule has 2 aliphatic rings. The van der Waals surface area contributed by atoms with E-state index in [1.807, 2.05) is 10.6 Å². The monoisotopic (exact) mass is 780 g/mol. The van der Waals surface area contributed by atoms with Crippen LogP contribution in [0.25, 0.3) is 0 Å². The van der Waals surface area contributed by atoms with Crippen molar-refractivity contribution >= 4 is 71.9 Å². The Morgan fingerprint density at radius 3 is 1.35 bits per heavy atom. The van der Waals surface area contributed by atoms with Crippen molar-refractivity contribution in [3.05, 3.63) is 0 Å². The zero-order chi connectivity index (χ0) is 40.9. The Bertz CT molecular complexity index is 1370. The Hall–Kier alpha value is -5.64. The van der Waals surface area contributed by atoms with Gasteiger partial charge in [-0.15, -0.1) is 0 Å². The Balaban J connectivity index is 1.71. The van der Waals surface area contributed by atoms with Crippen molar-refractivity contribution in [3.63, 3.8) is 0 Å². The van der Waals surface area contributed by atoms with E-state index in [2.05, 4.69) is 21.3 Å². The second-order valence-corrected chi connectivity index (χ2v) is 12.7. The average Bonchev–Trinajstić information content (AvgIpc) is 3.51. The van der Waals surface area contributed by atoms with Gasteiger partial charge in [-0.3, -0.25) is 78.0 Å². The normalized spacial score (nSPS) is 17.6. The molecule has 0 aliphatic carbocycles. The molecule has 0 aromatic rings. The first kappa shape index (κ1) is 45.5. The van der Waals surface area contributed by atoms with Gasteiger partial charge < -0.3 is 30.7 Å². The van der Waals surface area contributed by atoms with Gasteiger partial charge in [0.25, 0.3) is 0 Å². The van der Waals surface area contributed by atoms with Crippen molar-refractivity contribution < 1.29 is 67.0 Å². The lowest BCUT2D eigenvalue weighted by Crippen LogP contribution is -2.49. The Morgan fingerprint density at radius 2 is 1.02 bits per heavy atom. The van der Waals surface area contributed by atoms with Crippen LogP contribution in [0.3, 0.4) is 0 Å². The maximum atomic E-state index is 12.6. The number of rotatable bonds is 26. The van der Waals surface area contributed by atoms with Gasteiger partial charge in [0.1, 0.15) is 12.1 Å². The van der Waals surface area contributed by atoms with E-state index in [1.165, 1.54) is 0 Å². The number of likely N-dealkylation sites (tertiary alicyclic amines) is 2. The van der Waals surface area contributed by atoms with Crippen LogP contribution in [0.5, 0.6) is 0 Å². The molecule has 2 fully saturated rings. The van der Waals surface area contributed by atoms with Crippen LogP contribution in [0.4, 0.5) is 0 Å². The summed E-state index contributed by atoms with van der Waals surface area (Å²) in [5.74, 6) is -6.68. The summed E-state index contributed by atoms with van der Waals surface area (Å²) in [6.45, 7) is 3.57. The number of hydrogen-bond donors (Lipinski definition) is 6. The first-order valence-electron chi connectivity index (χ1n) is 17.6. The smallest absolute Gasteiger partial charge is 0.249 e. The molecule has 55 heavy (non-hydrogen) atoms. The highest BCUT2D eigenvalue weighted by molar-refractivity contribution is 6.04. The minimum absolute atomic E-state index is 0.00327. The largest absolute Gasteiger partial charge is 0.378 e. The molecular weight excluding hydrogens is 732 g/mol. The Kier molecular flexibility index (Phi) is 19.8. The summed E-state index contributed by atoms with van der Waals surface area (Å²) in [6, 6.07) is -2.91. The number of imide groups is 4. The van der Waals surface area contributed by atoms with Gasteiger partial charge in [-0.05, 0) is 6.42 Å². The first-order chi connectivity index (χ1) is 26.2. The fraction of sp³-hybridized carbons (Fsp3) is 0.636. The van der Waals surface area contributed by atoms with Crippen LogP contribution in [-0.2, 0) is 67.0 Å². The van der Waals surface area contributed by atoms with Gasteiger partial charge in [0.05, 0.1) is 52.4 Å². The SMILES string of the molecule is CC1CC(=O)N(CCOCCNC(=O)CC(NC(=O)CCCC(=O)NC(CC(=O)NCCOCCN2C(=O)CC(C)C2=O)C(=O)NC=O)C(=O)NC=O)C1=O. The summed E-state index contributed by atoms with van der Waals surface area (Å²) >= 11 is 0. The average molecular weight is 781 g/mol. The minimum Gasteiger partial charge on any atom is -0.378 e. The fourth-order valence-electron chi connectivity index (χ4n) is 5.40. The van der Waals surface area contributed by atoms with Gasteiger partial charge >= 0.3 is 0 Å². The summed E-state index contributed by atoms with van der Waals surface area (Å²) < 4.78 is 10.7. The van der Waals surface area contributed by atoms with Gasteiger partial charge in [0.15, 0.2) is 0 Å². The molecule has 2 aliphatic heterocycles. The molecule has 2 heterocycles. The third-order valence-corrected chi connectivity index (χ3v) is 8.29. The van der Waals surface area contributed by atoms with Gasteiger partial charge in [-0.25, -0.2) is 0 Å².